The van der Waals surface area contributed by atoms with E-state index in [1.807, 2.05) is 54.6 Å². The smallest absolute Gasteiger partial charge is 0.226 e. The molecule has 0 fully saturated rings. The normalized spacial score (nSPS) is 10.5. The van der Waals surface area contributed by atoms with E-state index < -0.39 is 0 Å². The molecule has 0 bridgehead atoms. The number of hydrogen-bond acceptors (Lipinski definition) is 2. The van der Waals surface area contributed by atoms with Gasteiger partial charge in [-0.3, -0.25) is 9.59 Å². The van der Waals surface area contributed by atoms with Crippen molar-refractivity contribution in [1.82, 2.24) is 0 Å². The van der Waals surface area contributed by atoms with Crippen molar-refractivity contribution < 1.29 is 9.59 Å². The number of anilines is 2. The summed E-state index contributed by atoms with van der Waals surface area (Å²) in [5, 5.41) is 2.83. The van der Waals surface area contributed by atoms with E-state index in [1.54, 1.807) is 4.90 Å². The summed E-state index contributed by atoms with van der Waals surface area (Å²) < 4.78 is 0. The number of nitrogens with zero attached hydrogens (tertiary/aromatic N) is 1. The van der Waals surface area contributed by atoms with Gasteiger partial charge in [0.05, 0.1) is 0 Å². The molecule has 0 atom stereocenters. The van der Waals surface area contributed by atoms with Crippen LogP contribution < -0.4 is 10.2 Å². The molecule has 4 heteroatoms. The number of hydrogen-bond donors (Lipinski definition) is 1. The lowest BCUT2D eigenvalue weighted by Crippen LogP contribution is -2.31. The third-order valence-electron chi connectivity index (χ3n) is 3.87. The number of rotatable bonds is 6. The van der Waals surface area contributed by atoms with Gasteiger partial charge in [-0.1, -0.05) is 44.2 Å². The Morgan fingerprint density at radius 1 is 1.00 bits per heavy atom. The Morgan fingerprint density at radius 2 is 1.62 bits per heavy atom. The minimum absolute atomic E-state index is 0.0696. The third-order valence-corrected chi connectivity index (χ3v) is 3.87. The van der Waals surface area contributed by atoms with Crippen molar-refractivity contribution in [3.05, 3.63) is 60.2 Å². The molecule has 0 saturated carbocycles. The van der Waals surface area contributed by atoms with Gasteiger partial charge in [-0.15, -0.1) is 0 Å². The quantitative estimate of drug-likeness (QED) is 0.866. The molecule has 0 heterocycles. The molecule has 4 nitrogen and oxygen atoms in total. The van der Waals surface area contributed by atoms with Crippen molar-refractivity contribution in [3.8, 4) is 0 Å². The molecule has 0 aromatic heterocycles. The molecular formula is C20H24N2O2. The van der Waals surface area contributed by atoms with Crippen molar-refractivity contribution in [1.29, 1.82) is 0 Å². The summed E-state index contributed by atoms with van der Waals surface area (Å²) in [5.41, 5.74) is 2.81. The van der Waals surface area contributed by atoms with E-state index in [1.165, 1.54) is 12.5 Å². The van der Waals surface area contributed by atoms with Gasteiger partial charge >= 0.3 is 0 Å². The lowest BCUT2D eigenvalue weighted by molar-refractivity contribution is -0.117. The minimum Gasteiger partial charge on any atom is -0.326 e. The topological polar surface area (TPSA) is 49.4 Å². The van der Waals surface area contributed by atoms with Gasteiger partial charge in [-0.05, 0) is 35.7 Å². The molecule has 2 rings (SSSR count). The van der Waals surface area contributed by atoms with Gasteiger partial charge in [0.2, 0.25) is 11.8 Å². The molecule has 24 heavy (non-hydrogen) atoms. The van der Waals surface area contributed by atoms with Gasteiger partial charge in [-0.2, -0.15) is 0 Å². The largest absolute Gasteiger partial charge is 0.326 e. The summed E-state index contributed by atoms with van der Waals surface area (Å²) in [4.78, 5) is 25.6. The lowest BCUT2D eigenvalue weighted by atomic mass is 10.0. The van der Waals surface area contributed by atoms with Crippen LogP contribution >= 0.6 is 0 Å². The maximum atomic E-state index is 12.1. The zero-order chi connectivity index (χ0) is 17.5. The van der Waals surface area contributed by atoms with Crippen LogP contribution in [0, 0.1) is 0 Å². The summed E-state index contributed by atoms with van der Waals surface area (Å²) in [7, 11) is 0. The maximum absolute atomic E-state index is 12.1. The van der Waals surface area contributed by atoms with Crippen molar-refractivity contribution in [3.63, 3.8) is 0 Å². The van der Waals surface area contributed by atoms with E-state index in [0.29, 0.717) is 12.5 Å². The summed E-state index contributed by atoms with van der Waals surface area (Å²) in [5.74, 6) is 0.271. The zero-order valence-electron chi connectivity index (χ0n) is 14.5. The molecule has 1 N–H and O–H groups in total. The van der Waals surface area contributed by atoms with Crippen molar-refractivity contribution in [2.24, 2.45) is 0 Å². The van der Waals surface area contributed by atoms with E-state index in [-0.39, 0.29) is 18.2 Å². The zero-order valence-corrected chi connectivity index (χ0v) is 14.5. The van der Waals surface area contributed by atoms with Gasteiger partial charge in [-0.25, -0.2) is 0 Å². The van der Waals surface area contributed by atoms with Gasteiger partial charge in [0, 0.05) is 31.3 Å². The first-order chi connectivity index (χ1) is 11.5. The van der Waals surface area contributed by atoms with E-state index in [9.17, 15) is 9.59 Å². The minimum atomic E-state index is -0.105. The highest BCUT2D eigenvalue weighted by atomic mass is 16.2. The maximum Gasteiger partial charge on any atom is 0.226 e. The average Bonchev–Trinajstić information content (AvgIpc) is 2.56. The van der Waals surface area contributed by atoms with Crippen LogP contribution in [0.4, 0.5) is 11.4 Å². The molecule has 0 spiro atoms. The Balaban J connectivity index is 1.98. The number of carbonyl (C=O) groups excluding carboxylic acids is 2. The second kappa shape index (κ2) is 8.29. The van der Waals surface area contributed by atoms with Crippen LogP contribution in [0.15, 0.2) is 54.6 Å². The van der Waals surface area contributed by atoms with E-state index in [4.69, 9.17) is 0 Å². The predicted molar refractivity (Wildman–Crippen MR) is 98.2 cm³/mol. The molecule has 2 aromatic rings. The average molecular weight is 324 g/mol. The van der Waals surface area contributed by atoms with Crippen LogP contribution in [0.5, 0.6) is 0 Å². The van der Waals surface area contributed by atoms with E-state index in [0.717, 1.165) is 11.4 Å². The Kier molecular flexibility index (Phi) is 6.13. The lowest BCUT2D eigenvalue weighted by Gasteiger charge is -2.21. The molecule has 0 unspecified atom stereocenters. The Labute approximate surface area is 143 Å². The standard InChI is InChI=1S/C20H24N2O2/c1-15(2)17-9-11-19(12-10-17)22(16(3)23)14-13-20(24)21-18-7-5-4-6-8-18/h4-12,15H,13-14H2,1-3H3,(H,21,24). The molecule has 0 aliphatic heterocycles. The SMILES string of the molecule is CC(=O)N(CCC(=O)Nc1ccccc1)c1ccc(C(C)C)cc1. The highest BCUT2D eigenvalue weighted by molar-refractivity contribution is 5.94. The van der Waals surface area contributed by atoms with Gasteiger partial charge in [0.1, 0.15) is 0 Å². The highest BCUT2D eigenvalue weighted by Crippen LogP contribution is 2.20. The Hall–Kier alpha value is -2.62. The van der Waals surface area contributed by atoms with Crippen LogP contribution in [0.1, 0.15) is 38.7 Å². The molecule has 2 amide bonds. The van der Waals surface area contributed by atoms with Crippen LogP contribution in [-0.4, -0.2) is 18.4 Å². The predicted octanol–water partition coefficient (Wildman–Crippen LogP) is 4.19. The van der Waals surface area contributed by atoms with E-state index >= 15 is 0 Å². The summed E-state index contributed by atoms with van der Waals surface area (Å²) >= 11 is 0. The van der Waals surface area contributed by atoms with Crippen LogP contribution in [-0.2, 0) is 9.59 Å². The van der Waals surface area contributed by atoms with Crippen LogP contribution in [0.2, 0.25) is 0 Å². The number of para-hydroxylation sites is 1. The van der Waals surface area contributed by atoms with Gasteiger partial charge in [0.25, 0.3) is 0 Å². The van der Waals surface area contributed by atoms with E-state index in [2.05, 4.69) is 19.2 Å². The number of amides is 2. The number of carbonyl (C=O) groups is 2. The first-order valence-corrected chi connectivity index (χ1v) is 8.20. The third kappa shape index (κ3) is 4.95. The van der Waals surface area contributed by atoms with Crippen LogP contribution in [0.3, 0.4) is 0 Å². The van der Waals surface area contributed by atoms with Crippen molar-refractivity contribution in [2.75, 3.05) is 16.8 Å². The van der Waals surface area contributed by atoms with Crippen LogP contribution in [0.25, 0.3) is 0 Å². The number of nitrogens with one attached hydrogen (secondary N) is 1. The van der Waals surface area contributed by atoms with Gasteiger partial charge < -0.3 is 10.2 Å². The molecule has 0 aliphatic carbocycles. The molecular weight excluding hydrogens is 300 g/mol. The first kappa shape index (κ1) is 17.7. The second-order valence-electron chi connectivity index (χ2n) is 6.08. The summed E-state index contributed by atoms with van der Waals surface area (Å²) in [6, 6.07) is 17.2. The molecule has 0 saturated heterocycles. The van der Waals surface area contributed by atoms with Gasteiger partial charge in [0.15, 0.2) is 0 Å². The fourth-order valence-corrected chi connectivity index (χ4v) is 2.47. The highest BCUT2D eigenvalue weighted by Gasteiger charge is 2.14. The molecule has 2 aromatic carbocycles. The Bertz CT molecular complexity index is 679. The van der Waals surface area contributed by atoms with Crippen molar-refractivity contribution >= 4 is 23.2 Å². The summed E-state index contributed by atoms with van der Waals surface area (Å²) in [6.45, 7) is 6.14. The fraction of sp³-hybridized carbons (Fsp3) is 0.300. The monoisotopic (exact) mass is 324 g/mol. The second-order valence-corrected chi connectivity index (χ2v) is 6.08. The van der Waals surface area contributed by atoms with Crippen molar-refractivity contribution in [2.45, 2.75) is 33.1 Å². The first-order valence-electron chi connectivity index (χ1n) is 8.20. The number of benzene rings is 2. The Morgan fingerprint density at radius 3 is 2.17 bits per heavy atom. The molecule has 0 aliphatic rings. The molecule has 0 radical (unpaired) electrons. The fourth-order valence-electron chi connectivity index (χ4n) is 2.47. The molecule has 126 valence electrons. The summed E-state index contributed by atoms with van der Waals surface area (Å²) in [6.07, 6.45) is 0.250.